The Bertz CT molecular complexity index is 596. The molecule has 2 N–H and O–H groups in total. The molecule has 0 aromatic heterocycles. The summed E-state index contributed by atoms with van der Waals surface area (Å²) in [6.45, 7) is 2.57. The van der Waals surface area contributed by atoms with E-state index in [-0.39, 0.29) is 0 Å². The Hall–Kier alpha value is -2.40. The lowest BCUT2D eigenvalue weighted by molar-refractivity contribution is 0.469. The fraction of sp³-hybridized carbons (Fsp3) is 0.125. The lowest BCUT2D eigenvalue weighted by Crippen LogP contribution is -2.00. The third kappa shape index (κ3) is 2.83. The Labute approximate surface area is 107 Å². The lowest BCUT2D eigenvalue weighted by atomic mass is 10.1. The molecule has 0 amide bonds. The first-order chi connectivity index (χ1) is 8.69. The van der Waals surface area contributed by atoms with Crippen molar-refractivity contribution < 1.29 is 5.11 Å². The van der Waals surface area contributed by atoms with E-state index in [0.717, 1.165) is 22.4 Å². The molecule has 0 fully saturated rings. The molecular formula is C16H15NO. The minimum Gasteiger partial charge on any atom is -0.508 e. The molecule has 90 valence electrons. The topological polar surface area (TPSA) is 32.3 Å². The minimum absolute atomic E-state index is 0.307. The molecule has 18 heavy (non-hydrogen) atoms. The van der Waals surface area contributed by atoms with Gasteiger partial charge in [-0.1, -0.05) is 29.7 Å². The highest BCUT2D eigenvalue weighted by Crippen LogP contribution is 2.20. The van der Waals surface area contributed by atoms with Gasteiger partial charge in [0, 0.05) is 23.4 Å². The van der Waals surface area contributed by atoms with E-state index >= 15 is 0 Å². The molecule has 0 saturated carbocycles. The van der Waals surface area contributed by atoms with E-state index in [4.69, 9.17) is 6.42 Å². The number of terminal acetylenes is 1. The van der Waals surface area contributed by atoms with Crippen LogP contribution in [0.25, 0.3) is 0 Å². The molecule has 2 heteroatoms. The first kappa shape index (κ1) is 12.1. The number of phenols is 1. The first-order valence-corrected chi connectivity index (χ1v) is 5.78. The van der Waals surface area contributed by atoms with Crippen molar-refractivity contribution in [1.29, 1.82) is 0 Å². The SMILES string of the molecule is C#Cc1cccc(NCc2cc(C)ccc2O)c1. The highest BCUT2D eigenvalue weighted by Gasteiger charge is 2.01. The largest absolute Gasteiger partial charge is 0.508 e. The van der Waals surface area contributed by atoms with Crippen LogP contribution in [0.15, 0.2) is 42.5 Å². The highest BCUT2D eigenvalue weighted by atomic mass is 16.3. The van der Waals surface area contributed by atoms with Gasteiger partial charge in [0.05, 0.1) is 0 Å². The summed E-state index contributed by atoms with van der Waals surface area (Å²) < 4.78 is 0. The summed E-state index contributed by atoms with van der Waals surface area (Å²) in [5.74, 6) is 2.90. The molecule has 2 aromatic carbocycles. The standard InChI is InChI=1S/C16H15NO/c1-3-13-5-4-6-15(10-13)17-11-14-9-12(2)7-8-16(14)18/h1,4-10,17-18H,11H2,2H3. The van der Waals surface area contributed by atoms with Gasteiger partial charge in [0.2, 0.25) is 0 Å². The molecule has 0 bridgehead atoms. The summed E-state index contributed by atoms with van der Waals surface area (Å²) >= 11 is 0. The molecule has 0 aliphatic heterocycles. The number of anilines is 1. The fourth-order valence-corrected chi connectivity index (χ4v) is 1.77. The Morgan fingerprint density at radius 2 is 2.06 bits per heavy atom. The average Bonchev–Trinajstić information content (AvgIpc) is 2.40. The second-order valence-electron chi connectivity index (χ2n) is 4.21. The zero-order valence-electron chi connectivity index (χ0n) is 10.3. The van der Waals surface area contributed by atoms with Crippen LogP contribution in [-0.2, 0) is 6.54 Å². The van der Waals surface area contributed by atoms with Crippen LogP contribution in [0.1, 0.15) is 16.7 Å². The number of aryl methyl sites for hydroxylation is 1. The van der Waals surface area contributed by atoms with E-state index in [2.05, 4.69) is 11.2 Å². The Morgan fingerprint density at radius 3 is 2.83 bits per heavy atom. The van der Waals surface area contributed by atoms with Gasteiger partial charge >= 0.3 is 0 Å². The monoisotopic (exact) mass is 237 g/mol. The molecule has 0 unspecified atom stereocenters. The number of hydrogen-bond donors (Lipinski definition) is 2. The van der Waals surface area contributed by atoms with Crippen LogP contribution in [0.4, 0.5) is 5.69 Å². The van der Waals surface area contributed by atoms with Gasteiger partial charge < -0.3 is 10.4 Å². The Kier molecular flexibility index (Phi) is 3.54. The van der Waals surface area contributed by atoms with Crippen molar-refractivity contribution in [2.75, 3.05) is 5.32 Å². The van der Waals surface area contributed by atoms with E-state index in [1.165, 1.54) is 0 Å². The number of hydrogen-bond acceptors (Lipinski definition) is 2. The summed E-state index contributed by atoms with van der Waals surface area (Å²) in [6, 6.07) is 13.2. The molecule has 0 atom stereocenters. The zero-order valence-corrected chi connectivity index (χ0v) is 10.3. The highest BCUT2D eigenvalue weighted by molar-refractivity contribution is 5.51. The van der Waals surface area contributed by atoms with Crippen molar-refractivity contribution in [3.8, 4) is 18.1 Å². The van der Waals surface area contributed by atoms with Crippen LogP contribution < -0.4 is 5.32 Å². The maximum Gasteiger partial charge on any atom is 0.120 e. The van der Waals surface area contributed by atoms with Crippen LogP contribution in [0, 0.1) is 19.3 Å². The smallest absolute Gasteiger partial charge is 0.120 e. The van der Waals surface area contributed by atoms with Crippen molar-refractivity contribution >= 4 is 5.69 Å². The van der Waals surface area contributed by atoms with Crippen LogP contribution in [0.2, 0.25) is 0 Å². The minimum atomic E-state index is 0.307. The number of nitrogens with one attached hydrogen (secondary N) is 1. The molecule has 0 aliphatic carbocycles. The summed E-state index contributed by atoms with van der Waals surface area (Å²) in [6.07, 6.45) is 5.35. The van der Waals surface area contributed by atoms with Gasteiger partial charge in [-0.25, -0.2) is 0 Å². The maximum absolute atomic E-state index is 9.74. The molecule has 0 spiro atoms. The van der Waals surface area contributed by atoms with E-state index in [0.29, 0.717) is 12.3 Å². The van der Waals surface area contributed by atoms with Gasteiger partial charge in [-0.3, -0.25) is 0 Å². The average molecular weight is 237 g/mol. The summed E-state index contributed by atoms with van der Waals surface area (Å²) in [5.41, 5.74) is 3.79. The lowest BCUT2D eigenvalue weighted by Gasteiger charge is -2.09. The van der Waals surface area contributed by atoms with Crippen molar-refractivity contribution in [1.82, 2.24) is 0 Å². The third-order valence-corrected chi connectivity index (χ3v) is 2.75. The maximum atomic E-state index is 9.74. The molecule has 2 aromatic rings. The summed E-state index contributed by atoms with van der Waals surface area (Å²) in [7, 11) is 0. The molecule has 0 heterocycles. The van der Waals surface area contributed by atoms with Crippen LogP contribution >= 0.6 is 0 Å². The second kappa shape index (κ2) is 5.29. The van der Waals surface area contributed by atoms with E-state index in [1.54, 1.807) is 6.07 Å². The number of benzene rings is 2. The van der Waals surface area contributed by atoms with E-state index in [1.807, 2.05) is 43.3 Å². The van der Waals surface area contributed by atoms with Gasteiger partial charge in [0.15, 0.2) is 0 Å². The van der Waals surface area contributed by atoms with Crippen LogP contribution in [0.3, 0.4) is 0 Å². The van der Waals surface area contributed by atoms with Crippen molar-refractivity contribution in [3.63, 3.8) is 0 Å². The second-order valence-corrected chi connectivity index (χ2v) is 4.21. The Balaban J connectivity index is 2.11. The normalized spacial score (nSPS) is 9.78. The van der Waals surface area contributed by atoms with Crippen molar-refractivity contribution in [2.24, 2.45) is 0 Å². The molecular weight excluding hydrogens is 222 g/mol. The Morgan fingerprint density at radius 1 is 1.22 bits per heavy atom. The van der Waals surface area contributed by atoms with Crippen molar-refractivity contribution in [3.05, 3.63) is 59.2 Å². The van der Waals surface area contributed by atoms with E-state index in [9.17, 15) is 5.11 Å². The summed E-state index contributed by atoms with van der Waals surface area (Å²) in [4.78, 5) is 0. The van der Waals surface area contributed by atoms with Gasteiger partial charge in [0.1, 0.15) is 5.75 Å². The van der Waals surface area contributed by atoms with Gasteiger partial charge in [0.25, 0.3) is 0 Å². The summed E-state index contributed by atoms with van der Waals surface area (Å²) in [5, 5.41) is 13.0. The number of rotatable bonds is 3. The third-order valence-electron chi connectivity index (χ3n) is 2.75. The quantitative estimate of drug-likeness (QED) is 0.803. The number of aromatic hydroxyl groups is 1. The van der Waals surface area contributed by atoms with Gasteiger partial charge in [-0.05, 0) is 31.2 Å². The van der Waals surface area contributed by atoms with E-state index < -0.39 is 0 Å². The van der Waals surface area contributed by atoms with Crippen molar-refractivity contribution in [2.45, 2.75) is 13.5 Å². The van der Waals surface area contributed by atoms with Crippen LogP contribution in [-0.4, -0.2) is 5.11 Å². The van der Waals surface area contributed by atoms with Gasteiger partial charge in [-0.2, -0.15) is 0 Å². The van der Waals surface area contributed by atoms with Gasteiger partial charge in [-0.15, -0.1) is 6.42 Å². The molecule has 2 rings (SSSR count). The first-order valence-electron chi connectivity index (χ1n) is 5.78. The predicted molar refractivity (Wildman–Crippen MR) is 74.5 cm³/mol. The van der Waals surface area contributed by atoms with Crippen LogP contribution in [0.5, 0.6) is 5.75 Å². The molecule has 2 nitrogen and oxygen atoms in total. The fourth-order valence-electron chi connectivity index (χ4n) is 1.77. The molecule has 0 saturated heterocycles. The zero-order chi connectivity index (χ0) is 13.0. The molecule has 0 radical (unpaired) electrons. The number of phenolic OH excluding ortho intramolecular Hbond substituents is 1. The predicted octanol–water partition coefficient (Wildman–Crippen LogP) is 3.29. The molecule has 0 aliphatic rings.